The number of methoxy groups -OCH3 is 1. The van der Waals surface area contributed by atoms with Crippen LogP contribution in [0.2, 0.25) is 0 Å². The van der Waals surface area contributed by atoms with Crippen LogP contribution in [0.1, 0.15) is 12.8 Å². The van der Waals surface area contributed by atoms with E-state index in [4.69, 9.17) is 10.5 Å². The maximum absolute atomic E-state index is 12.2. The summed E-state index contributed by atoms with van der Waals surface area (Å²) in [6.07, 6.45) is 0.824. The number of anilines is 1. The predicted octanol–water partition coefficient (Wildman–Crippen LogP) is 0.266. The molecule has 1 aromatic rings. The average Bonchev–Trinajstić information content (AvgIpc) is 2.61. The molecule has 0 saturated carbocycles. The lowest BCUT2D eigenvalue weighted by molar-refractivity contribution is -0.384. The lowest BCUT2D eigenvalue weighted by Crippen LogP contribution is -2.46. The van der Waals surface area contributed by atoms with Gasteiger partial charge in [0.25, 0.3) is 5.69 Å². The van der Waals surface area contributed by atoms with Crippen LogP contribution in [0.15, 0.2) is 18.2 Å². The van der Waals surface area contributed by atoms with Crippen LogP contribution in [0, 0.1) is 16.0 Å². The largest absolute Gasteiger partial charge is 0.494 e. The van der Waals surface area contributed by atoms with E-state index in [0.717, 1.165) is 6.07 Å². The van der Waals surface area contributed by atoms with Crippen molar-refractivity contribution in [2.75, 3.05) is 25.5 Å². The van der Waals surface area contributed by atoms with E-state index in [-0.39, 0.29) is 36.1 Å². The monoisotopic (exact) mass is 350 g/mol. The molecular formula is C15H18N4O6. The summed E-state index contributed by atoms with van der Waals surface area (Å²) >= 11 is 0. The minimum atomic E-state index is -0.885. The standard InChI is InChI=1S/C15H18N4O6/c1-25-12-8-10(19(23)24)2-3-11(12)17-14(21)15(22)18-6-4-9(5-7-18)13(16)20/h2-3,8-9H,4-7H2,1H3,(H2,16,20)(H,17,21). The Morgan fingerprint density at radius 3 is 2.48 bits per heavy atom. The highest BCUT2D eigenvalue weighted by Gasteiger charge is 2.29. The highest BCUT2D eigenvalue weighted by molar-refractivity contribution is 6.39. The van der Waals surface area contributed by atoms with Crippen LogP contribution in [0.5, 0.6) is 5.75 Å². The summed E-state index contributed by atoms with van der Waals surface area (Å²) in [6, 6.07) is 3.64. The van der Waals surface area contributed by atoms with Gasteiger partial charge in [0.05, 0.1) is 23.8 Å². The summed E-state index contributed by atoms with van der Waals surface area (Å²) in [7, 11) is 1.30. The van der Waals surface area contributed by atoms with Gasteiger partial charge >= 0.3 is 11.8 Å². The van der Waals surface area contributed by atoms with Crippen molar-refractivity contribution in [2.45, 2.75) is 12.8 Å². The van der Waals surface area contributed by atoms with Gasteiger partial charge in [-0.05, 0) is 18.9 Å². The Morgan fingerprint density at radius 2 is 1.96 bits per heavy atom. The minimum Gasteiger partial charge on any atom is -0.494 e. The first-order valence-electron chi connectivity index (χ1n) is 7.55. The van der Waals surface area contributed by atoms with Crippen molar-refractivity contribution in [3.05, 3.63) is 28.3 Å². The average molecular weight is 350 g/mol. The zero-order chi connectivity index (χ0) is 18.6. The van der Waals surface area contributed by atoms with Gasteiger partial charge in [-0.25, -0.2) is 0 Å². The number of nitrogens with two attached hydrogens (primary N) is 1. The summed E-state index contributed by atoms with van der Waals surface area (Å²) in [5.74, 6) is -2.26. The van der Waals surface area contributed by atoms with E-state index in [1.165, 1.54) is 24.1 Å². The van der Waals surface area contributed by atoms with Gasteiger partial charge in [-0.2, -0.15) is 0 Å². The van der Waals surface area contributed by atoms with Crippen molar-refractivity contribution >= 4 is 29.1 Å². The number of nitrogens with one attached hydrogen (secondary N) is 1. The number of piperidine rings is 1. The van der Waals surface area contributed by atoms with Crippen LogP contribution < -0.4 is 15.8 Å². The summed E-state index contributed by atoms with van der Waals surface area (Å²) < 4.78 is 5.01. The van der Waals surface area contributed by atoms with E-state index in [0.29, 0.717) is 12.8 Å². The van der Waals surface area contributed by atoms with E-state index >= 15 is 0 Å². The number of rotatable bonds is 4. The first-order valence-corrected chi connectivity index (χ1v) is 7.55. The van der Waals surface area contributed by atoms with Crippen molar-refractivity contribution in [2.24, 2.45) is 11.7 Å². The molecule has 1 saturated heterocycles. The minimum absolute atomic E-state index is 0.0720. The molecule has 10 heteroatoms. The molecule has 0 radical (unpaired) electrons. The number of nitro groups is 1. The van der Waals surface area contributed by atoms with Gasteiger partial charge in [0.1, 0.15) is 5.75 Å². The SMILES string of the molecule is COc1cc([N+](=O)[O-])ccc1NC(=O)C(=O)N1CCC(C(N)=O)CC1. The van der Waals surface area contributed by atoms with E-state index in [2.05, 4.69) is 5.32 Å². The Kier molecular flexibility index (Phi) is 5.52. The van der Waals surface area contributed by atoms with Gasteiger partial charge < -0.3 is 20.7 Å². The molecule has 0 bridgehead atoms. The number of non-ortho nitro benzene ring substituents is 1. The fourth-order valence-electron chi connectivity index (χ4n) is 2.58. The molecule has 0 aromatic heterocycles. The molecule has 3 amide bonds. The van der Waals surface area contributed by atoms with Crippen LogP contribution in [-0.4, -0.2) is 47.7 Å². The molecule has 1 heterocycles. The maximum Gasteiger partial charge on any atom is 0.314 e. The van der Waals surface area contributed by atoms with Crippen LogP contribution in [-0.2, 0) is 14.4 Å². The Hall–Kier alpha value is -3.17. The third-order valence-corrected chi connectivity index (χ3v) is 4.02. The summed E-state index contributed by atoms with van der Waals surface area (Å²) in [4.78, 5) is 47.0. The van der Waals surface area contributed by atoms with E-state index in [1.54, 1.807) is 0 Å². The summed E-state index contributed by atoms with van der Waals surface area (Å²) in [5, 5.41) is 13.1. The second-order valence-electron chi connectivity index (χ2n) is 5.56. The van der Waals surface area contributed by atoms with Gasteiger partial charge in [0, 0.05) is 25.1 Å². The lowest BCUT2D eigenvalue weighted by atomic mass is 9.96. The Bertz CT molecular complexity index is 712. The number of ether oxygens (including phenoxy) is 1. The number of nitro benzene ring substituents is 1. The maximum atomic E-state index is 12.2. The van der Waals surface area contributed by atoms with Crippen molar-refractivity contribution in [3.8, 4) is 5.75 Å². The molecule has 1 fully saturated rings. The third-order valence-electron chi connectivity index (χ3n) is 4.02. The van der Waals surface area contributed by atoms with Crippen LogP contribution in [0.4, 0.5) is 11.4 Å². The second-order valence-corrected chi connectivity index (χ2v) is 5.56. The first-order chi connectivity index (χ1) is 11.8. The molecular weight excluding hydrogens is 332 g/mol. The van der Waals surface area contributed by atoms with E-state index < -0.39 is 22.6 Å². The summed E-state index contributed by atoms with van der Waals surface area (Å²) in [5.41, 5.74) is 5.18. The molecule has 3 N–H and O–H groups in total. The number of nitrogens with zero attached hydrogens (tertiary/aromatic N) is 2. The Morgan fingerprint density at radius 1 is 1.32 bits per heavy atom. The molecule has 134 valence electrons. The lowest BCUT2D eigenvalue weighted by Gasteiger charge is -2.30. The van der Waals surface area contributed by atoms with Crippen LogP contribution >= 0.6 is 0 Å². The molecule has 2 rings (SSSR count). The fourth-order valence-corrected chi connectivity index (χ4v) is 2.58. The molecule has 0 atom stereocenters. The molecule has 0 unspecified atom stereocenters. The molecule has 10 nitrogen and oxygen atoms in total. The Labute approximate surface area is 143 Å². The number of carbonyl (C=O) groups excluding carboxylic acids is 3. The number of likely N-dealkylation sites (tertiary alicyclic amines) is 1. The topological polar surface area (TPSA) is 145 Å². The van der Waals surface area contributed by atoms with Crippen molar-refractivity contribution in [3.63, 3.8) is 0 Å². The molecule has 0 aliphatic carbocycles. The smallest absolute Gasteiger partial charge is 0.314 e. The quantitative estimate of drug-likeness (QED) is 0.453. The number of benzene rings is 1. The van der Waals surface area contributed by atoms with Gasteiger partial charge in [-0.15, -0.1) is 0 Å². The van der Waals surface area contributed by atoms with Crippen LogP contribution in [0.25, 0.3) is 0 Å². The van der Waals surface area contributed by atoms with Gasteiger partial charge in [-0.1, -0.05) is 0 Å². The van der Waals surface area contributed by atoms with Crippen molar-refractivity contribution in [1.82, 2.24) is 4.90 Å². The highest BCUT2D eigenvalue weighted by Crippen LogP contribution is 2.29. The van der Waals surface area contributed by atoms with Gasteiger partial charge in [0.15, 0.2) is 0 Å². The van der Waals surface area contributed by atoms with E-state index in [9.17, 15) is 24.5 Å². The zero-order valence-electron chi connectivity index (χ0n) is 13.6. The number of primary amides is 1. The molecule has 1 aliphatic rings. The normalized spacial score (nSPS) is 14.7. The van der Waals surface area contributed by atoms with Crippen molar-refractivity contribution < 1.29 is 24.0 Å². The zero-order valence-corrected chi connectivity index (χ0v) is 13.6. The number of carbonyl (C=O) groups is 3. The first kappa shape index (κ1) is 18.2. The second kappa shape index (κ2) is 7.60. The number of hydrogen-bond acceptors (Lipinski definition) is 6. The fraction of sp³-hybridized carbons (Fsp3) is 0.400. The molecule has 1 aliphatic heterocycles. The van der Waals surface area contributed by atoms with E-state index in [1.807, 2.05) is 0 Å². The summed E-state index contributed by atoms with van der Waals surface area (Å²) in [6.45, 7) is 0.522. The van der Waals surface area contributed by atoms with Crippen molar-refractivity contribution in [1.29, 1.82) is 0 Å². The predicted molar refractivity (Wildman–Crippen MR) is 86.8 cm³/mol. The third kappa shape index (κ3) is 4.22. The molecule has 0 spiro atoms. The van der Waals surface area contributed by atoms with Crippen LogP contribution in [0.3, 0.4) is 0 Å². The highest BCUT2D eigenvalue weighted by atomic mass is 16.6. The molecule has 25 heavy (non-hydrogen) atoms. The van der Waals surface area contributed by atoms with Gasteiger partial charge in [0.2, 0.25) is 5.91 Å². The Balaban J connectivity index is 2.03. The number of hydrogen-bond donors (Lipinski definition) is 2. The molecule has 1 aromatic carbocycles. The van der Waals surface area contributed by atoms with Gasteiger partial charge in [-0.3, -0.25) is 24.5 Å². The number of amides is 3.